The van der Waals surface area contributed by atoms with E-state index in [1.165, 1.54) is 0 Å². The monoisotopic (exact) mass is 421 g/mol. The lowest BCUT2D eigenvalue weighted by Crippen LogP contribution is -2.61. The van der Waals surface area contributed by atoms with Gasteiger partial charge in [0.05, 0.1) is 12.1 Å². The molecule has 31 heavy (non-hydrogen) atoms. The minimum atomic E-state index is -0.673. The number of amides is 2. The maximum atomic E-state index is 14.0. The number of primary amides is 1. The number of hydrogen-bond acceptors (Lipinski definition) is 4. The number of rotatable bonds is 5. The molecule has 1 aliphatic heterocycles. The van der Waals surface area contributed by atoms with Gasteiger partial charge in [0.2, 0.25) is 5.91 Å². The van der Waals surface area contributed by atoms with Crippen LogP contribution in [-0.4, -0.2) is 45.2 Å². The Morgan fingerprint density at radius 3 is 2.42 bits per heavy atom. The van der Waals surface area contributed by atoms with E-state index in [0.717, 1.165) is 44.1 Å². The molecule has 1 heterocycles. The van der Waals surface area contributed by atoms with Crippen molar-refractivity contribution in [2.75, 3.05) is 0 Å². The summed E-state index contributed by atoms with van der Waals surface area (Å²) < 4.78 is 0. The maximum absolute atomic E-state index is 14.0. The molecule has 5 saturated carbocycles. The number of aliphatic hydroxyl groups is 1. The SMILES string of the molecule is NC(=O)C1CC2CC2N1C(=O)C(=NCc1ccccc1)C12CC3CC(CC(O)(C3)C1)C2. The Kier molecular flexibility index (Phi) is 4.17. The van der Waals surface area contributed by atoms with E-state index in [1.54, 1.807) is 4.90 Å². The average molecular weight is 422 g/mol. The van der Waals surface area contributed by atoms with Crippen molar-refractivity contribution >= 4 is 17.5 Å². The number of fused-ring (bicyclic) bond motifs is 1. The van der Waals surface area contributed by atoms with Crippen molar-refractivity contribution in [3.8, 4) is 0 Å². The number of hydrogen-bond donors (Lipinski definition) is 2. The molecule has 7 rings (SSSR count). The van der Waals surface area contributed by atoms with Gasteiger partial charge in [-0.3, -0.25) is 14.6 Å². The highest BCUT2D eigenvalue weighted by Gasteiger charge is 2.62. The van der Waals surface area contributed by atoms with E-state index in [-0.39, 0.29) is 17.4 Å². The van der Waals surface area contributed by atoms with Crippen LogP contribution in [0, 0.1) is 23.2 Å². The Bertz CT molecular complexity index is 944. The first kappa shape index (κ1) is 19.5. The molecular weight excluding hydrogens is 390 g/mol. The number of piperidine rings is 1. The molecule has 5 unspecified atom stereocenters. The number of benzene rings is 1. The summed E-state index contributed by atoms with van der Waals surface area (Å²) in [4.78, 5) is 32.9. The fourth-order valence-corrected chi connectivity index (χ4v) is 7.83. The molecule has 6 nitrogen and oxygen atoms in total. The zero-order valence-corrected chi connectivity index (χ0v) is 17.9. The van der Waals surface area contributed by atoms with Crippen LogP contribution in [0.3, 0.4) is 0 Å². The molecule has 1 aromatic carbocycles. The van der Waals surface area contributed by atoms with Gasteiger partial charge in [-0.25, -0.2) is 0 Å². The lowest BCUT2D eigenvalue weighted by atomic mass is 9.46. The average Bonchev–Trinajstić information content (AvgIpc) is 3.36. The summed E-state index contributed by atoms with van der Waals surface area (Å²) in [6, 6.07) is 9.61. The van der Waals surface area contributed by atoms with E-state index in [9.17, 15) is 14.7 Å². The molecule has 0 spiro atoms. The largest absolute Gasteiger partial charge is 0.390 e. The summed E-state index contributed by atoms with van der Waals surface area (Å²) in [6.45, 7) is 0.445. The fraction of sp³-hybridized carbons (Fsp3) is 0.640. The summed E-state index contributed by atoms with van der Waals surface area (Å²) in [5.74, 6) is 0.806. The summed E-state index contributed by atoms with van der Waals surface area (Å²) in [5, 5.41) is 11.3. The fourth-order valence-electron chi connectivity index (χ4n) is 7.83. The second kappa shape index (κ2) is 6.64. The lowest BCUT2D eigenvalue weighted by Gasteiger charge is -2.60. The van der Waals surface area contributed by atoms with Crippen LogP contribution in [0.15, 0.2) is 35.3 Å². The molecule has 164 valence electrons. The van der Waals surface area contributed by atoms with Gasteiger partial charge in [0.25, 0.3) is 5.91 Å². The Balaban J connectivity index is 1.39. The van der Waals surface area contributed by atoms with Crippen LogP contribution in [0.2, 0.25) is 0 Å². The second-order valence-electron chi connectivity index (χ2n) is 11.0. The minimum absolute atomic E-state index is 0.102. The summed E-state index contributed by atoms with van der Waals surface area (Å²) in [7, 11) is 0. The number of carbonyl (C=O) groups is 2. The van der Waals surface area contributed by atoms with Gasteiger partial charge < -0.3 is 15.7 Å². The van der Waals surface area contributed by atoms with Crippen LogP contribution in [0.1, 0.15) is 56.9 Å². The molecule has 5 atom stereocenters. The third-order valence-electron chi connectivity index (χ3n) is 8.66. The van der Waals surface area contributed by atoms with Gasteiger partial charge in [-0.2, -0.15) is 0 Å². The van der Waals surface area contributed by atoms with Crippen molar-refractivity contribution in [3.05, 3.63) is 35.9 Å². The molecule has 6 heteroatoms. The molecule has 3 N–H and O–H groups in total. The van der Waals surface area contributed by atoms with E-state index in [1.807, 2.05) is 30.3 Å². The summed E-state index contributed by atoms with van der Waals surface area (Å²) in [5.41, 5.74) is 6.30. The Morgan fingerprint density at radius 1 is 1.06 bits per heavy atom. The molecule has 5 aliphatic carbocycles. The van der Waals surface area contributed by atoms with Gasteiger partial charge in [0.1, 0.15) is 11.8 Å². The van der Waals surface area contributed by atoms with Gasteiger partial charge in [-0.1, -0.05) is 30.3 Å². The van der Waals surface area contributed by atoms with Crippen molar-refractivity contribution in [1.29, 1.82) is 0 Å². The van der Waals surface area contributed by atoms with Crippen molar-refractivity contribution < 1.29 is 14.7 Å². The van der Waals surface area contributed by atoms with Crippen LogP contribution < -0.4 is 5.73 Å². The van der Waals surface area contributed by atoms with Crippen molar-refractivity contribution in [1.82, 2.24) is 4.90 Å². The number of nitrogens with zero attached hydrogens (tertiary/aromatic N) is 2. The van der Waals surface area contributed by atoms with Crippen LogP contribution >= 0.6 is 0 Å². The van der Waals surface area contributed by atoms with Gasteiger partial charge >= 0.3 is 0 Å². The number of aliphatic imine (C=N–C) groups is 1. The highest BCUT2D eigenvalue weighted by molar-refractivity contribution is 6.41. The molecule has 6 aliphatic rings. The summed E-state index contributed by atoms with van der Waals surface area (Å²) >= 11 is 0. The number of nitrogens with two attached hydrogens (primary N) is 1. The molecular formula is C25H31N3O3. The van der Waals surface area contributed by atoms with Crippen molar-refractivity contribution in [3.63, 3.8) is 0 Å². The molecule has 4 bridgehead atoms. The number of likely N-dealkylation sites (tertiary alicyclic amines) is 1. The van der Waals surface area contributed by atoms with Crippen LogP contribution in [-0.2, 0) is 16.1 Å². The maximum Gasteiger partial charge on any atom is 0.269 e. The third-order valence-corrected chi connectivity index (χ3v) is 8.66. The van der Waals surface area contributed by atoms with E-state index in [0.29, 0.717) is 42.9 Å². The molecule has 1 aromatic rings. The topological polar surface area (TPSA) is 96.0 Å². The van der Waals surface area contributed by atoms with E-state index < -0.39 is 17.6 Å². The molecule has 2 amide bonds. The first-order valence-corrected chi connectivity index (χ1v) is 11.8. The van der Waals surface area contributed by atoms with Gasteiger partial charge in [-0.15, -0.1) is 0 Å². The zero-order chi connectivity index (χ0) is 21.4. The van der Waals surface area contributed by atoms with Gasteiger partial charge in [0, 0.05) is 11.5 Å². The Morgan fingerprint density at radius 2 is 1.77 bits per heavy atom. The highest BCUT2D eigenvalue weighted by atomic mass is 16.3. The standard InChI is InChI=1S/C25H31N3O3/c26-22(29)20-8-18-7-19(18)28(20)23(30)21(27-13-15-4-2-1-3-5-15)24-9-16-6-17(10-24)12-25(31,11-16)14-24/h1-5,16-20,31H,6-14H2,(H2,26,29). The minimum Gasteiger partial charge on any atom is -0.390 e. The zero-order valence-electron chi connectivity index (χ0n) is 17.9. The predicted molar refractivity (Wildman–Crippen MR) is 116 cm³/mol. The Labute approximate surface area is 182 Å². The van der Waals surface area contributed by atoms with Crippen LogP contribution in [0.25, 0.3) is 0 Å². The molecule has 1 saturated heterocycles. The smallest absolute Gasteiger partial charge is 0.269 e. The molecule has 0 radical (unpaired) electrons. The molecule has 0 aromatic heterocycles. The van der Waals surface area contributed by atoms with Gasteiger partial charge in [0.15, 0.2) is 0 Å². The quantitative estimate of drug-likeness (QED) is 0.715. The first-order chi connectivity index (χ1) is 14.9. The second-order valence-corrected chi connectivity index (χ2v) is 11.0. The highest BCUT2D eigenvalue weighted by Crippen LogP contribution is 2.62. The van der Waals surface area contributed by atoms with Crippen molar-refractivity contribution in [2.24, 2.45) is 33.9 Å². The van der Waals surface area contributed by atoms with Gasteiger partial charge in [-0.05, 0) is 74.7 Å². The first-order valence-electron chi connectivity index (χ1n) is 11.8. The third kappa shape index (κ3) is 3.13. The van der Waals surface area contributed by atoms with E-state index in [4.69, 9.17) is 10.7 Å². The van der Waals surface area contributed by atoms with Crippen molar-refractivity contribution in [2.45, 2.75) is 75.6 Å². The Hall–Kier alpha value is -2.21. The molecule has 6 fully saturated rings. The van der Waals surface area contributed by atoms with Crippen LogP contribution in [0.4, 0.5) is 0 Å². The van der Waals surface area contributed by atoms with E-state index in [2.05, 4.69) is 0 Å². The normalized spacial score (nSPS) is 42.5. The summed E-state index contributed by atoms with van der Waals surface area (Å²) in [6.07, 6.45) is 6.97. The van der Waals surface area contributed by atoms with Crippen LogP contribution in [0.5, 0.6) is 0 Å². The predicted octanol–water partition coefficient (Wildman–Crippen LogP) is 2.43. The van der Waals surface area contributed by atoms with E-state index >= 15 is 0 Å². The number of carbonyl (C=O) groups excluding carboxylic acids is 2. The lowest BCUT2D eigenvalue weighted by molar-refractivity contribution is -0.147.